The lowest BCUT2D eigenvalue weighted by Crippen LogP contribution is -2.09. The van der Waals surface area contributed by atoms with Crippen LogP contribution in [0.25, 0.3) is 26.3 Å². The number of rotatable bonds is 7. The first-order chi connectivity index (χ1) is 18.2. The molecule has 5 aromatic rings. The number of para-hydroxylation sites is 2. The molecule has 0 aliphatic carbocycles. The molecule has 180 valence electrons. The van der Waals surface area contributed by atoms with Crippen LogP contribution in [0.5, 0.6) is 0 Å². The molecule has 0 amide bonds. The van der Waals surface area contributed by atoms with E-state index in [9.17, 15) is 10.1 Å². The van der Waals surface area contributed by atoms with E-state index in [1.54, 1.807) is 17.4 Å². The molecule has 0 radical (unpaired) electrons. The Morgan fingerprint density at radius 1 is 0.730 bits per heavy atom. The molecule has 2 heterocycles. The van der Waals surface area contributed by atoms with E-state index in [-0.39, 0.29) is 5.57 Å². The molecule has 0 saturated carbocycles. The average Bonchev–Trinajstić information content (AvgIpc) is 3.63. The fourth-order valence-corrected chi connectivity index (χ4v) is 6.01. The molecule has 0 aliphatic heterocycles. The summed E-state index contributed by atoms with van der Waals surface area (Å²) in [6.45, 7) is 0. The molecule has 0 unspecified atom stereocenters. The highest BCUT2D eigenvalue weighted by Crippen LogP contribution is 2.40. The van der Waals surface area contributed by atoms with Crippen LogP contribution in [0.2, 0.25) is 0 Å². The molecule has 4 nitrogen and oxygen atoms in total. The van der Waals surface area contributed by atoms with E-state index in [0.717, 1.165) is 37.3 Å². The average molecular weight is 519 g/mol. The van der Waals surface area contributed by atoms with Gasteiger partial charge in [0.15, 0.2) is 0 Å². The molecule has 0 atom stereocenters. The highest BCUT2D eigenvalue weighted by Gasteiger charge is 2.14. The number of anilines is 3. The number of benzene rings is 3. The molecular formula is C31H22N2O2S2. The van der Waals surface area contributed by atoms with Gasteiger partial charge in [0.1, 0.15) is 11.6 Å². The fourth-order valence-electron chi connectivity index (χ4n) is 3.95. The first-order valence-electron chi connectivity index (χ1n) is 11.6. The van der Waals surface area contributed by atoms with E-state index < -0.39 is 5.97 Å². The maximum Gasteiger partial charge on any atom is 0.348 e. The van der Waals surface area contributed by atoms with Crippen molar-refractivity contribution in [3.8, 4) is 26.3 Å². The number of esters is 1. The van der Waals surface area contributed by atoms with Gasteiger partial charge in [0.05, 0.1) is 7.11 Å². The van der Waals surface area contributed by atoms with Crippen LogP contribution in [0, 0.1) is 11.3 Å². The number of carbonyl (C=O) groups is 1. The lowest BCUT2D eigenvalue weighted by Gasteiger charge is -2.25. The van der Waals surface area contributed by atoms with Gasteiger partial charge in [0.2, 0.25) is 0 Å². The third kappa shape index (κ3) is 5.39. The lowest BCUT2D eigenvalue weighted by molar-refractivity contribution is -0.135. The number of thiophene rings is 2. The smallest absolute Gasteiger partial charge is 0.348 e. The highest BCUT2D eigenvalue weighted by molar-refractivity contribution is 7.24. The number of nitrogens with zero attached hydrogens (tertiary/aromatic N) is 2. The van der Waals surface area contributed by atoms with Gasteiger partial charge in [0, 0.05) is 36.6 Å². The second-order valence-electron chi connectivity index (χ2n) is 8.08. The SMILES string of the molecule is COC(=O)/C(C#N)=C/c1ccc(-c2ccc(-c3ccc(N(c4ccccc4)c4ccccc4)cc3)s2)s1. The monoisotopic (exact) mass is 518 g/mol. The number of ether oxygens (including phenoxy) is 1. The maximum absolute atomic E-state index is 11.7. The van der Waals surface area contributed by atoms with Gasteiger partial charge in [-0.3, -0.25) is 0 Å². The molecule has 6 heteroatoms. The Bertz CT molecular complexity index is 1540. The van der Waals surface area contributed by atoms with Gasteiger partial charge in [0.25, 0.3) is 0 Å². The molecule has 37 heavy (non-hydrogen) atoms. The Labute approximate surface area is 224 Å². The third-order valence-corrected chi connectivity index (χ3v) is 8.09. The maximum atomic E-state index is 11.7. The Morgan fingerprint density at radius 3 is 1.86 bits per heavy atom. The molecule has 0 spiro atoms. The topological polar surface area (TPSA) is 53.3 Å². The summed E-state index contributed by atoms with van der Waals surface area (Å²) < 4.78 is 4.67. The number of nitriles is 1. The predicted octanol–water partition coefficient (Wildman–Crippen LogP) is 8.69. The Kier molecular flexibility index (Phi) is 7.27. The molecular weight excluding hydrogens is 496 g/mol. The summed E-state index contributed by atoms with van der Waals surface area (Å²) in [6, 6.07) is 39.4. The molecule has 0 fully saturated rings. The van der Waals surface area contributed by atoms with Gasteiger partial charge in [-0.15, -0.1) is 22.7 Å². The van der Waals surface area contributed by atoms with Gasteiger partial charge in [-0.1, -0.05) is 48.5 Å². The second kappa shape index (κ2) is 11.1. The van der Waals surface area contributed by atoms with Crippen molar-refractivity contribution in [2.45, 2.75) is 0 Å². The lowest BCUT2D eigenvalue weighted by atomic mass is 10.1. The van der Waals surface area contributed by atoms with Crippen LogP contribution in [0.1, 0.15) is 4.88 Å². The van der Waals surface area contributed by atoms with Crippen molar-refractivity contribution in [3.05, 3.63) is 120 Å². The summed E-state index contributed by atoms with van der Waals surface area (Å²) >= 11 is 3.25. The van der Waals surface area contributed by atoms with Gasteiger partial charge in [-0.05, 0) is 72.3 Å². The summed E-state index contributed by atoms with van der Waals surface area (Å²) in [6.07, 6.45) is 1.57. The summed E-state index contributed by atoms with van der Waals surface area (Å²) in [7, 11) is 1.27. The Balaban J connectivity index is 1.40. The molecule has 0 saturated heterocycles. The van der Waals surface area contributed by atoms with Crippen molar-refractivity contribution in [2.24, 2.45) is 0 Å². The highest BCUT2D eigenvalue weighted by atomic mass is 32.1. The first-order valence-corrected chi connectivity index (χ1v) is 13.2. The van der Waals surface area contributed by atoms with E-state index >= 15 is 0 Å². The van der Waals surface area contributed by atoms with Crippen molar-refractivity contribution >= 4 is 51.8 Å². The zero-order valence-corrected chi connectivity index (χ0v) is 21.6. The minimum absolute atomic E-state index is 0.0112. The van der Waals surface area contributed by atoms with E-state index in [0.29, 0.717) is 0 Å². The van der Waals surface area contributed by atoms with E-state index in [2.05, 4.69) is 94.6 Å². The standard InChI is InChI=1S/C31H22N2O2S2/c1-35-31(34)23(21-32)20-27-16-17-29(36-27)30-19-18-28(37-30)22-12-14-26(15-13-22)33(24-8-4-2-5-9-24)25-10-6-3-7-11-25/h2-20H,1H3/b23-20+. The van der Waals surface area contributed by atoms with Crippen LogP contribution < -0.4 is 4.90 Å². The molecule has 2 aromatic heterocycles. The molecule has 0 aliphatic rings. The van der Waals surface area contributed by atoms with Gasteiger partial charge >= 0.3 is 5.97 Å². The van der Waals surface area contributed by atoms with Crippen molar-refractivity contribution in [1.29, 1.82) is 5.26 Å². The molecule has 3 aromatic carbocycles. The second-order valence-corrected chi connectivity index (χ2v) is 10.3. The quantitative estimate of drug-likeness (QED) is 0.123. The van der Waals surface area contributed by atoms with E-state index in [4.69, 9.17) is 0 Å². The zero-order valence-electron chi connectivity index (χ0n) is 20.0. The normalized spacial score (nSPS) is 11.1. The van der Waals surface area contributed by atoms with Crippen molar-refractivity contribution in [2.75, 3.05) is 12.0 Å². The van der Waals surface area contributed by atoms with Crippen LogP contribution in [0.15, 0.2) is 115 Å². The van der Waals surface area contributed by atoms with Crippen LogP contribution in [-0.2, 0) is 9.53 Å². The zero-order chi connectivity index (χ0) is 25.6. The Morgan fingerprint density at radius 2 is 1.27 bits per heavy atom. The fraction of sp³-hybridized carbons (Fsp3) is 0.0323. The van der Waals surface area contributed by atoms with Gasteiger partial charge in [-0.25, -0.2) is 4.79 Å². The number of carbonyl (C=O) groups excluding carboxylic acids is 1. The molecule has 0 bridgehead atoms. The van der Waals surface area contributed by atoms with Crippen molar-refractivity contribution < 1.29 is 9.53 Å². The number of hydrogen-bond acceptors (Lipinski definition) is 6. The van der Waals surface area contributed by atoms with Crippen molar-refractivity contribution in [1.82, 2.24) is 0 Å². The molecule has 5 rings (SSSR count). The largest absolute Gasteiger partial charge is 0.465 e. The minimum Gasteiger partial charge on any atom is -0.465 e. The number of methoxy groups -OCH3 is 1. The van der Waals surface area contributed by atoms with Crippen molar-refractivity contribution in [3.63, 3.8) is 0 Å². The third-order valence-electron chi connectivity index (χ3n) is 5.73. The van der Waals surface area contributed by atoms with E-state index in [1.807, 2.05) is 30.3 Å². The van der Waals surface area contributed by atoms with Crippen LogP contribution >= 0.6 is 22.7 Å². The summed E-state index contributed by atoms with van der Waals surface area (Å²) in [4.78, 5) is 18.2. The summed E-state index contributed by atoms with van der Waals surface area (Å²) in [5, 5.41) is 9.21. The summed E-state index contributed by atoms with van der Waals surface area (Å²) in [5.41, 5.74) is 4.44. The Hall–Kier alpha value is -4.44. The minimum atomic E-state index is -0.627. The first kappa shape index (κ1) is 24.3. The summed E-state index contributed by atoms with van der Waals surface area (Å²) in [5.74, 6) is -0.627. The predicted molar refractivity (Wildman–Crippen MR) is 153 cm³/mol. The number of hydrogen-bond donors (Lipinski definition) is 0. The van der Waals surface area contributed by atoms with Crippen LogP contribution in [0.4, 0.5) is 17.1 Å². The molecule has 0 N–H and O–H groups in total. The van der Waals surface area contributed by atoms with Crippen LogP contribution in [-0.4, -0.2) is 13.1 Å². The van der Waals surface area contributed by atoms with Crippen LogP contribution in [0.3, 0.4) is 0 Å². The van der Waals surface area contributed by atoms with Gasteiger partial charge in [-0.2, -0.15) is 5.26 Å². The van der Waals surface area contributed by atoms with E-state index in [1.165, 1.54) is 23.3 Å². The van der Waals surface area contributed by atoms with Gasteiger partial charge < -0.3 is 9.64 Å².